The Morgan fingerprint density at radius 1 is 1.20 bits per heavy atom. The highest BCUT2D eigenvalue weighted by atomic mass is 35.5. The summed E-state index contributed by atoms with van der Waals surface area (Å²) in [4.78, 5) is 0. The summed E-state index contributed by atoms with van der Waals surface area (Å²) >= 11 is 0. The third-order valence-electron chi connectivity index (χ3n) is 0.987. The molecule has 3 nitrogen and oxygen atoms in total. The summed E-state index contributed by atoms with van der Waals surface area (Å²) in [5.41, 5.74) is 0. The van der Waals surface area contributed by atoms with Gasteiger partial charge < -0.3 is 15.7 Å². The molecule has 0 aromatic carbocycles. The predicted octanol–water partition coefficient (Wildman–Crippen LogP) is 0.659. The minimum absolute atomic E-state index is 0. The monoisotopic (exact) mass is 171 g/mol. The Morgan fingerprint density at radius 2 is 1.60 bits per heavy atom. The van der Waals surface area contributed by atoms with E-state index < -0.39 is 0 Å². The zero-order valence-corrected chi connectivity index (χ0v) is 7.95. The summed E-state index contributed by atoms with van der Waals surface area (Å²) in [6.07, 6.45) is 0.906. The molecule has 0 heterocycles. The molecule has 0 radical (unpaired) electrons. The molecular formula is C6H20ClN2O+. The van der Waals surface area contributed by atoms with Gasteiger partial charge in [-0.2, -0.15) is 0 Å². The number of rotatable bonds is 3. The van der Waals surface area contributed by atoms with Crippen LogP contribution in [0.5, 0.6) is 0 Å². The van der Waals surface area contributed by atoms with Gasteiger partial charge in [0.1, 0.15) is 0 Å². The molecule has 4 N–H and O–H groups in total. The predicted molar refractivity (Wildman–Crippen MR) is 46.9 cm³/mol. The van der Waals surface area contributed by atoms with Crippen molar-refractivity contribution in [3.63, 3.8) is 0 Å². The molecule has 0 atom stereocenters. The van der Waals surface area contributed by atoms with Crippen LogP contribution in [0, 0.1) is 0 Å². The van der Waals surface area contributed by atoms with Gasteiger partial charge in [0.2, 0.25) is 0 Å². The van der Waals surface area contributed by atoms with Gasteiger partial charge >= 0.3 is 0 Å². The number of nitrogens with zero attached hydrogens (tertiary/aromatic N) is 1. The van der Waals surface area contributed by atoms with Crippen LogP contribution in [-0.2, 0) is 0 Å². The molecule has 0 rings (SSSR count). The number of aliphatic hydroxyl groups is 1. The molecule has 0 spiro atoms. The Labute approximate surface area is 69.6 Å². The van der Waals surface area contributed by atoms with Gasteiger partial charge in [-0.3, -0.25) is 0 Å². The van der Waals surface area contributed by atoms with Crippen LogP contribution in [0.25, 0.3) is 0 Å². The minimum Gasteiger partial charge on any atom is -0.396 e. The highest BCUT2D eigenvalue weighted by Crippen LogP contribution is 1.90. The van der Waals surface area contributed by atoms with Crippen LogP contribution in [0.1, 0.15) is 6.42 Å². The zero-order valence-electron chi connectivity index (χ0n) is 7.13. The number of quaternary nitrogens is 1. The Kier molecular flexibility index (Phi) is 12.1. The van der Waals surface area contributed by atoms with Crippen molar-refractivity contribution >= 4 is 12.4 Å². The number of hydrogen-bond donors (Lipinski definition) is 2. The van der Waals surface area contributed by atoms with Crippen molar-refractivity contribution < 1.29 is 9.59 Å². The Balaban J connectivity index is -0.000000245. The molecule has 0 aliphatic rings. The molecule has 0 unspecified atom stereocenters. The first-order chi connectivity index (χ1) is 3.56. The van der Waals surface area contributed by atoms with Gasteiger partial charge in [0.15, 0.2) is 0 Å². The van der Waals surface area contributed by atoms with E-state index in [1.807, 2.05) is 0 Å². The minimum atomic E-state index is 0. The maximum Gasteiger partial charge on any atom is 0.0802 e. The van der Waals surface area contributed by atoms with E-state index in [1.54, 1.807) is 0 Å². The van der Waals surface area contributed by atoms with Crippen molar-refractivity contribution in [2.45, 2.75) is 6.42 Å². The summed E-state index contributed by atoms with van der Waals surface area (Å²) < 4.78 is 0.945. The van der Waals surface area contributed by atoms with E-state index in [1.165, 1.54) is 0 Å². The van der Waals surface area contributed by atoms with Crippen LogP contribution in [0.15, 0.2) is 0 Å². The summed E-state index contributed by atoms with van der Waals surface area (Å²) in [6.45, 7) is 1.37. The number of hydrogen-bond acceptors (Lipinski definition) is 2. The van der Waals surface area contributed by atoms with Crippen molar-refractivity contribution in [1.29, 1.82) is 0 Å². The van der Waals surface area contributed by atoms with Crippen molar-refractivity contribution in [3.05, 3.63) is 0 Å². The highest BCUT2D eigenvalue weighted by Gasteiger charge is 2.03. The smallest absolute Gasteiger partial charge is 0.0802 e. The lowest BCUT2D eigenvalue weighted by Crippen LogP contribution is -2.35. The molecule has 0 fully saturated rings. The van der Waals surface area contributed by atoms with E-state index in [-0.39, 0.29) is 18.6 Å². The fourth-order valence-electron chi connectivity index (χ4n) is 0.545. The second-order valence-electron chi connectivity index (χ2n) is 3.09. The summed E-state index contributed by atoms with van der Waals surface area (Å²) in [5.74, 6) is 0. The molecule has 4 heteroatoms. The highest BCUT2D eigenvalue weighted by molar-refractivity contribution is 5.85. The molecule has 0 amide bonds. The van der Waals surface area contributed by atoms with Gasteiger partial charge in [0, 0.05) is 13.0 Å². The van der Waals surface area contributed by atoms with Gasteiger partial charge in [0.05, 0.1) is 27.7 Å². The van der Waals surface area contributed by atoms with Crippen molar-refractivity contribution in [1.82, 2.24) is 6.15 Å². The van der Waals surface area contributed by atoms with Crippen LogP contribution in [-0.4, -0.2) is 43.9 Å². The fourth-order valence-corrected chi connectivity index (χ4v) is 0.545. The average molecular weight is 172 g/mol. The van der Waals surface area contributed by atoms with Crippen LogP contribution >= 0.6 is 12.4 Å². The molecular weight excluding hydrogens is 152 g/mol. The molecule has 10 heavy (non-hydrogen) atoms. The quantitative estimate of drug-likeness (QED) is 0.613. The van der Waals surface area contributed by atoms with Gasteiger partial charge in [-0.15, -0.1) is 12.4 Å². The normalized spacial score (nSPS) is 9.60. The van der Waals surface area contributed by atoms with Gasteiger partial charge in [-0.1, -0.05) is 0 Å². The van der Waals surface area contributed by atoms with Gasteiger partial charge in [-0.05, 0) is 0 Å². The first kappa shape index (κ1) is 16.6. The third kappa shape index (κ3) is 15.7. The van der Waals surface area contributed by atoms with E-state index in [4.69, 9.17) is 5.11 Å². The van der Waals surface area contributed by atoms with Gasteiger partial charge in [0.25, 0.3) is 0 Å². The third-order valence-corrected chi connectivity index (χ3v) is 0.987. The van der Waals surface area contributed by atoms with E-state index >= 15 is 0 Å². The summed E-state index contributed by atoms with van der Waals surface area (Å²) in [7, 11) is 6.36. The largest absolute Gasteiger partial charge is 0.396 e. The number of aliphatic hydroxyl groups excluding tert-OH is 1. The van der Waals surface area contributed by atoms with Crippen LogP contribution in [0.2, 0.25) is 0 Å². The van der Waals surface area contributed by atoms with E-state index in [2.05, 4.69) is 21.1 Å². The number of halogens is 1. The average Bonchev–Trinajstić information content (AvgIpc) is 1.59. The first-order valence-corrected chi connectivity index (χ1v) is 2.97. The second-order valence-corrected chi connectivity index (χ2v) is 3.09. The SMILES string of the molecule is C[N+](C)(C)CCCO.Cl.N. The molecule has 0 aliphatic heterocycles. The van der Waals surface area contributed by atoms with Crippen molar-refractivity contribution in [3.8, 4) is 0 Å². The molecule has 0 bridgehead atoms. The first-order valence-electron chi connectivity index (χ1n) is 2.97. The molecule has 0 aliphatic carbocycles. The summed E-state index contributed by atoms with van der Waals surface area (Å²) in [6, 6.07) is 0. The maximum absolute atomic E-state index is 8.42. The van der Waals surface area contributed by atoms with Crippen molar-refractivity contribution in [2.75, 3.05) is 34.3 Å². The molecule has 66 valence electrons. The molecule has 0 saturated heterocycles. The van der Waals surface area contributed by atoms with E-state index in [0.29, 0.717) is 6.61 Å². The second kappa shape index (κ2) is 7.28. The Hall–Kier alpha value is 0.170. The summed E-state index contributed by atoms with van der Waals surface area (Å²) in [5, 5.41) is 8.42. The van der Waals surface area contributed by atoms with Gasteiger partial charge in [-0.25, -0.2) is 0 Å². The van der Waals surface area contributed by atoms with Crippen molar-refractivity contribution in [2.24, 2.45) is 0 Å². The maximum atomic E-state index is 8.42. The lowest BCUT2D eigenvalue weighted by atomic mass is 10.4. The topological polar surface area (TPSA) is 55.2 Å². The van der Waals surface area contributed by atoms with E-state index in [0.717, 1.165) is 17.4 Å². The lowest BCUT2D eigenvalue weighted by Gasteiger charge is -2.22. The zero-order chi connectivity index (χ0) is 6.62. The molecule has 0 aromatic heterocycles. The standard InChI is InChI=1S/C6H16NO.ClH.H3N/c1-7(2,3)5-4-6-8;;/h8H,4-6H2,1-3H3;1H;1H3/q+1;;. The Morgan fingerprint density at radius 3 is 1.70 bits per heavy atom. The lowest BCUT2D eigenvalue weighted by molar-refractivity contribution is -0.870. The Bertz CT molecular complexity index is 63.3. The molecule has 0 saturated carbocycles. The van der Waals surface area contributed by atoms with Crippen LogP contribution in [0.4, 0.5) is 0 Å². The fraction of sp³-hybridized carbons (Fsp3) is 1.00. The van der Waals surface area contributed by atoms with Crippen LogP contribution in [0.3, 0.4) is 0 Å². The van der Waals surface area contributed by atoms with E-state index in [9.17, 15) is 0 Å². The van der Waals surface area contributed by atoms with Crippen LogP contribution < -0.4 is 6.15 Å². The molecule has 0 aromatic rings.